The minimum absolute atomic E-state index is 0.0612. The van der Waals surface area contributed by atoms with Crippen LogP contribution in [0.2, 0.25) is 0 Å². The van der Waals surface area contributed by atoms with Gasteiger partial charge in [-0.25, -0.2) is 0 Å². The number of amides is 1. The van der Waals surface area contributed by atoms with Gasteiger partial charge in [0, 0.05) is 13.5 Å². The lowest BCUT2D eigenvalue weighted by molar-refractivity contribution is -0.141. The molecule has 7 nitrogen and oxygen atoms in total. The summed E-state index contributed by atoms with van der Waals surface area (Å²) in [6, 6.07) is 17.4. The second kappa shape index (κ2) is 9.09. The minimum Gasteiger partial charge on any atom is -0.486 e. The average molecular weight is 407 g/mol. The predicted octanol–water partition coefficient (Wildman–Crippen LogP) is 3.32. The number of hydrogen-bond acceptors (Lipinski definition) is 6. The fourth-order valence-corrected chi connectivity index (χ4v) is 3.43. The number of aromatic nitrogens is 2. The molecule has 4 rings (SSSR count). The third-order valence-corrected chi connectivity index (χ3v) is 5.24. The fourth-order valence-electron chi connectivity index (χ4n) is 3.43. The molecule has 2 heterocycles. The number of methoxy groups -OCH3 is 1. The van der Waals surface area contributed by atoms with Gasteiger partial charge in [-0.1, -0.05) is 47.6 Å². The van der Waals surface area contributed by atoms with Crippen LogP contribution in [-0.2, 0) is 16.0 Å². The Morgan fingerprint density at radius 3 is 2.67 bits per heavy atom. The van der Waals surface area contributed by atoms with Gasteiger partial charge in [0.15, 0.2) is 5.82 Å². The Bertz CT molecular complexity index is 983. The van der Waals surface area contributed by atoms with Gasteiger partial charge in [0.2, 0.25) is 5.91 Å². The van der Waals surface area contributed by atoms with Crippen molar-refractivity contribution in [1.82, 2.24) is 15.0 Å². The van der Waals surface area contributed by atoms with Crippen molar-refractivity contribution in [3.8, 4) is 17.2 Å². The zero-order valence-corrected chi connectivity index (χ0v) is 17.2. The molecule has 0 spiro atoms. The average Bonchev–Trinajstić information content (AvgIpc) is 3.23. The first-order chi connectivity index (χ1) is 14.7. The lowest BCUT2D eigenvalue weighted by Crippen LogP contribution is -2.57. The van der Waals surface area contributed by atoms with Crippen LogP contribution >= 0.6 is 0 Å². The molecular formula is C23H25N3O4. The molecule has 0 radical (unpaired) electrons. The molecule has 3 aromatic rings. The van der Waals surface area contributed by atoms with Crippen molar-refractivity contribution in [2.75, 3.05) is 26.8 Å². The van der Waals surface area contributed by atoms with Gasteiger partial charge in [-0.2, -0.15) is 4.98 Å². The first kappa shape index (κ1) is 20.1. The van der Waals surface area contributed by atoms with Gasteiger partial charge in [-0.05, 0) is 24.6 Å². The number of benzene rings is 2. The molecule has 1 aliphatic heterocycles. The van der Waals surface area contributed by atoms with Crippen LogP contribution in [0.3, 0.4) is 0 Å². The minimum atomic E-state index is -0.164. The van der Waals surface area contributed by atoms with E-state index in [1.165, 1.54) is 0 Å². The summed E-state index contributed by atoms with van der Waals surface area (Å²) in [4.78, 5) is 19.0. The van der Waals surface area contributed by atoms with Gasteiger partial charge < -0.3 is 18.9 Å². The van der Waals surface area contributed by atoms with E-state index >= 15 is 0 Å². The third-order valence-electron chi connectivity index (χ3n) is 5.24. The zero-order valence-electron chi connectivity index (χ0n) is 17.2. The summed E-state index contributed by atoms with van der Waals surface area (Å²) < 4.78 is 16.6. The predicted molar refractivity (Wildman–Crippen MR) is 111 cm³/mol. The van der Waals surface area contributed by atoms with Gasteiger partial charge >= 0.3 is 0 Å². The molecular weight excluding hydrogens is 382 g/mol. The second-order valence-electron chi connectivity index (χ2n) is 7.37. The second-order valence-corrected chi connectivity index (χ2v) is 7.37. The van der Waals surface area contributed by atoms with Crippen molar-refractivity contribution < 1.29 is 18.8 Å². The number of nitrogens with zero attached hydrogens (tertiary/aromatic N) is 3. The summed E-state index contributed by atoms with van der Waals surface area (Å²) in [7, 11) is 1.64. The Balaban J connectivity index is 1.37. The van der Waals surface area contributed by atoms with Crippen LogP contribution in [-0.4, -0.2) is 53.9 Å². The molecule has 1 atom stereocenters. The van der Waals surface area contributed by atoms with E-state index in [-0.39, 0.29) is 17.9 Å². The van der Waals surface area contributed by atoms with Crippen molar-refractivity contribution >= 4 is 5.91 Å². The molecule has 156 valence electrons. The van der Waals surface area contributed by atoms with E-state index in [9.17, 15) is 4.79 Å². The van der Waals surface area contributed by atoms with Crippen LogP contribution in [0.15, 0.2) is 59.1 Å². The monoisotopic (exact) mass is 407 g/mol. The van der Waals surface area contributed by atoms with Gasteiger partial charge in [-0.3, -0.25) is 4.79 Å². The molecule has 0 N–H and O–H groups in total. The normalized spacial score (nSPS) is 14.9. The van der Waals surface area contributed by atoms with E-state index in [0.717, 1.165) is 11.1 Å². The fraction of sp³-hybridized carbons (Fsp3) is 0.348. The van der Waals surface area contributed by atoms with Gasteiger partial charge in [-0.15, -0.1) is 0 Å². The number of rotatable bonds is 8. The van der Waals surface area contributed by atoms with E-state index in [4.69, 9.17) is 14.0 Å². The first-order valence-electron chi connectivity index (χ1n) is 10.1. The third kappa shape index (κ3) is 4.36. The molecule has 1 aromatic heterocycles. The van der Waals surface area contributed by atoms with Crippen LogP contribution in [0, 0.1) is 0 Å². The summed E-state index contributed by atoms with van der Waals surface area (Å²) in [6.45, 7) is 3.60. The van der Waals surface area contributed by atoms with E-state index in [2.05, 4.69) is 10.1 Å². The molecule has 1 fully saturated rings. The first-order valence-corrected chi connectivity index (χ1v) is 10.1. The number of carbonyl (C=O) groups is 1. The van der Waals surface area contributed by atoms with Crippen molar-refractivity contribution in [3.05, 3.63) is 66.0 Å². The van der Waals surface area contributed by atoms with Gasteiger partial charge in [0.1, 0.15) is 11.9 Å². The summed E-state index contributed by atoms with van der Waals surface area (Å²) in [5.41, 5.74) is 1.77. The van der Waals surface area contributed by atoms with Crippen LogP contribution in [0.5, 0.6) is 5.75 Å². The van der Waals surface area contributed by atoms with Crippen LogP contribution in [0.1, 0.15) is 24.2 Å². The lowest BCUT2D eigenvalue weighted by atomic mass is 9.98. The highest BCUT2D eigenvalue weighted by molar-refractivity contribution is 5.84. The standard InChI is InChI=1S/C23H25N3O4/c1-16(17-8-4-3-5-9-17)23(27)26-14-18(15-26)29-20-11-7-6-10-19(20)22-24-21(25-30-22)12-13-28-2/h3-11,16,18H,12-15H2,1-2H3. The summed E-state index contributed by atoms with van der Waals surface area (Å²) >= 11 is 0. The molecule has 0 bridgehead atoms. The molecule has 1 aliphatic rings. The molecule has 1 amide bonds. The lowest BCUT2D eigenvalue weighted by Gasteiger charge is -2.40. The molecule has 0 saturated carbocycles. The number of para-hydroxylation sites is 1. The Morgan fingerprint density at radius 2 is 1.90 bits per heavy atom. The maximum Gasteiger partial charge on any atom is 0.261 e. The molecule has 7 heteroatoms. The molecule has 1 unspecified atom stereocenters. The van der Waals surface area contributed by atoms with Crippen LogP contribution in [0.25, 0.3) is 11.5 Å². The Kier molecular flexibility index (Phi) is 6.09. The van der Waals surface area contributed by atoms with E-state index < -0.39 is 0 Å². The zero-order chi connectivity index (χ0) is 20.9. The highest BCUT2D eigenvalue weighted by Gasteiger charge is 2.35. The smallest absolute Gasteiger partial charge is 0.261 e. The van der Waals surface area contributed by atoms with Crippen LogP contribution < -0.4 is 4.74 Å². The largest absolute Gasteiger partial charge is 0.486 e. The highest BCUT2D eigenvalue weighted by atomic mass is 16.5. The summed E-state index contributed by atoms with van der Waals surface area (Å²) in [5, 5.41) is 3.99. The number of ether oxygens (including phenoxy) is 2. The van der Waals surface area contributed by atoms with E-state index in [1.54, 1.807) is 7.11 Å². The maximum absolute atomic E-state index is 12.7. The molecule has 30 heavy (non-hydrogen) atoms. The number of carbonyl (C=O) groups excluding carboxylic acids is 1. The van der Waals surface area contributed by atoms with Gasteiger partial charge in [0.25, 0.3) is 5.89 Å². The van der Waals surface area contributed by atoms with Crippen molar-refractivity contribution in [2.45, 2.75) is 25.4 Å². The summed E-state index contributed by atoms with van der Waals surface area (Å²) in [6.07, 6.45) is 0.524. The van der Waals surface area contributed by atoms with Crippen molar-refractivity contribution in [3.63, 3.8) is 0 Å². The topological polar surface area (TPSA) is 77.7 Å². The highest BCUT2D eigenvalue weighted by Crippen LogP contribution is 2.31. The SMILES string of the molecule is COCCc1noc(-c2ccccc2OC2CN(C(=O)C(C)c3ccccc3)C2)n1. The van der Waals surface area contributed by atoms with E-state index in [1.807, 2.05) is 66.4 Å². The molecule has 0 aliphatic carbocycles. The molecule has 1 saturated heterocycles. The number of likely N-dealkylation sites (tertiary alicyclic amines) is 1. The van der Waals surface area contributed by atoms with Crippen molar-refractivity contribution in [1.29, 1.82) is 0 Å². The Hall–Kier alpha value is -3.19. The maximum atomic E-state index is 12.7. The van der Waals surface area contributed by atoms with Gasteiger partial charge in [0.05, 0.1) is 31.2 Å². The Labute approximate surface area is 175 Å². The molecule has 2 aromatic carbocycles. The quantitative estimate of drug-likeness (QED) is 0.570. The Morgan fingerprint density at radius 1 is 1.17 bits per heavy atom. The summed E-state index contributed by atoms with van der Waals surface area (Å²) in [5.74, 6) is 1.64. The van der Waals surface area contributed by atoms with Crippen molar-refractivity contribution in [2.24, 2.45) is 0 Å². The number of hydrogen-bond donors (Lipinski definition) is 0. The van der Waals surface area contributed by atoms with E-state index in [0.29, 0.717) is 43.6 Å². The van der Waals surface area contributed by atoms with Crippen LogP contribution in [0.4, 0.5) is 0 Å².